The fourth-order valence-electron chi connectivity index (χ4n) is 2.68. The molecule has 3 unspecified atom stereocenters. The second-order valence-corrected chi connectivity index (χ2v) is 5.46. The third-order valence-corrected chi connectivity index (χ3v) is 4.02. The molecule has 2 aliphatic rings. The van der Waals surface area contributed by atoms with Gasteiger partial charge in [0.2, 0.25) is 5.91 Å². The van der Waals surface area contributed by atoms with E-state index in [1.54, 1.807) is 7.11 Å². The third kappa shape index (κ3) is 3.22. The smallest absolute Gasteiger partial charge is 0.237 e. The molecule has 1 amide bonds. The summed E-state index contributed by atoms with van der Waals surface area (Å²) < 4.78 is 10.9. The van der Waals surface area contributed by atoms with Gasteiger partial charge in [0.25, 0.3) is 0 Å². The molecule has 5 heteroatoms. The first-order chi connectivity index (χ1) is 8.65. The van der Waals surface area contributed by atoms with Crippen molar-refractivity contribution in [2.24, 2.45) is 0 Å². The van der Waals surface area contributed by atoms with Crippen LogP contribution in [0.2, 0.25) is 0 Å². The lowest BCUT2D eigenvalue weighted by molar-refractivity contribution is -0.125. The van der Waals surface area contributed by atoms with E-state index in [4.69, 9.17) is 9.47 Å². The van der Waals surface area contributed by atoms with E-state index in [2.05, 4.69) is 17.6 Å². The fraction of sp³-hybridized carbons (Fsp3) is 0.923. The Morgan fingerprint density at radius 2 is 2.39 bits per heavy atom. The van der Waals surface area contributed by atoms with E-state index < -0.39 is 0 Å². The van der Waals surface area contributed by atoms with Gasteiger partial charge < -0.3 is 20.1 Å². The summed E-state index contributed by atoms with van der Waals surface area (Å²) in [6, 6.07) is 0.380. The molecule has 2 fully saturated rings. The Labute approximate surface area is 109 Å². The molecule has 2 heterocycles. The molecule has 0 aromatic heterocycles. The van der Waals surface area contributed by atoms with Crippen LogP contribution in [0.3, 0.4) is 0 Å². The van der Waals surface area contributed by atoms with Crippen LogP contribution in [-0.2, 0) is 14.3 Å². The average Bonchev–Trinajstić information content (AvgIpc) is 2.85. The predicted octanol–water partition coefficient (Wildman–Crippen LogP) is 0.439. The molecule has 5 nitrogen and oxygen atoms in total. The Kier molecular flexibility index (Phi) is 4.59. The first-order valence-electron chi connectivity index (χ1n) is 6.82. The van der Waals surface area contributed by atoms with E-state index in [9.17, 15) is 4.79 Å². The highest BCUT2D eigenvalue weighted by Crippen LogP contribution is 2.21. The molecule has 2 saturated heterocycles. The Balaban J connectivity index is 1.80. The number of rotatable bonds is 4. The van der Waals surface area contributed by atoms with Gasteiger partial charge in [-0.2, -0.15) is 0 Å². The molecule has 0 aromatic carbocycles. The monoisotopic (exact) mass is 256 g/mol. The number of nitrogens with one attached hydrogen (secondary N) is 2. The Bertz CT molecular complexity index is 290. The largest absolute Gasteiger partial charge is 0.378 e. The van der Waals surface area contributed by atoms with Crippen LogP contribution in [0.5, 0.6) is 0 Å². The number of carbonyl (C=O) groups excluding carboxylic acids is 1. The van der Waals surface area contributed by atoms with Crippen LogP contribution in [0.1, 0.15) is 32.6 Å². The van der Waals surface area contributed by atoms with Gasteiger partial charge in [-0.05, 0) is 26.2 Å². The molecule has 18 heavy (non-hydrogen) atoms. The lowest BCUT2D eigenvalue weighted by atomic mass is 9.98. The minimum atomic E-state index is -0.323. The first-order valence-corrected chi connectivity index (χ1v) is 6.82. The number of carbonyl (C=O) groups is 1. The zero-order chi connectivity index (χ0) is 13.0. The Hall–Kier alpha value is -0.650. The minimum Gasteiger partial charge on any atom is -0.378 e. The molecule has 104 valence electrons. The van der Waals surface area contributed by atoms with Gasteiger partial charge in [0, 0.05) is 32.7 Å². The maximum absolute atomic E-state index is 12.1. The van der Waals surface area contributed by atoms with Crippen molar-refractivity contribution in [3.05, 3.63) is 0 Å². The van der Waals surface area contributed by atoms with Crippen LogP contribution < -0.4 is 10.6 Å². The standard InChI is InChI=1S/C13H24N2O3/c1-10-4-3-5-11(15-10)12(16)14-8-13(17-2)6-7-18-9-13/h10-11,15H,3-9H2,1-2H3,(H,14,16). The second-order valence-electron chi connectivity index (χ2n) is 5.46. The van der Waals surface area contributed by atoms with Crippen molar-refractivity contribution in [1.82, 2.24) is 10.6 Å². The number of amides is 1. The molecular weight excluding hydrogens is 232 g/mol. The lowest BCUT2D eigenvalue weighted by Gasteiger charge is -2.30. The molecule has 0 radical (unpaired) electrons. The molecule has 2 N–H and O–H groups in total. The predicted molar refractivity (Wildman–Crippen MR) is 68.4 cm³/mol. The first kappa shape index (κ1) is 13.8. The highest BCUT2D eigenvalue weighted by molar-refractivity contribution is 5.81. The summed E-state index contributed by atoms with van der Waals surface area (Å²) in [5.74, 6) is 0.0878. The second kappa shape index (κ2) is 5.99. The molecule has 2 rings (SSSR count). The zero-order valence-electron chi connectivity index (χ0n) is 11.3. The number of piperidine rings is 1. The normalized spacial score (nSPS) is 36.6. The third-order valence-electron chi connectivity index (χ3n) is 4.02. The zero-order valence-corrected chi connectivity index (χ0v) is 11.3. The van der Waals surface area contributed by atoms with E-state index >= 15 is 0 Å². The van der Waals surface area contributed by atoms with Gasteiger partial charge >= 0.3 is 0 Å². The van der Waals surface area contributed by atoms with Crippen molar-refractivity contribution in [2.45, 2.75) is 50.3 Å². The maximum atomic E-state index is 12.1. The number of hydrogen-bond donors (Lipinski definition) is 2. The molecule has 0 spiro atoms. The average molecular weight is 256 g/mol. The van der Waals surface area contributed by atoms with Crippen molar-refractivity contribution in [3.8, 4) is 0 Å². The molecule has 0 bridgehead atoms. The summed E-state index contributed by atoms with van der Waals surface area (Å²) in [4.78, 5) is 12.1. The van der Waals surface area contributed by atoms with Gasteiger partial charge in [-0.15, -0.1) is 0 Å². The number of methoxy groups -OCH3 is 1. The molecular formula is C13H24N2O3. The van der Waals surface area contributed by atoms with Crippen molar-refractivity contribution < 1.29 is 14.3 Å². The number of hydrogen-bond acceptors (Lipinski definition) is 4. The van der Waals surface area contributed by atoms with Gasteiger partial charge in [-0.1, -0.05) is 0 Å². The maximum Gasteiger partial charge on any atom is 0.237 e. The highest BCUT2D eigenvalue weighted by Gasteiger charge is 2.36. The quantitative estimate of drug-likeness (QED) is 0.766. The molecule has 3 atom stereocenters. The van der Waals surface area contributed by atoms with E-state index in [-0.39, 0.29) is 17.6 Å². The topological polar surface area (TPSA) is 59.6 Å². The fourth-order valence-corrected chi connectivity index (χ4v) is 2.68. The van der Waals surface area contributed by atoms with Gasteiger partial charge in [0.15, 0.2) is 0 Å². The van der Waals surface area contributed by atoms with Crippen LogP contribution in [0, 0.1) is 0 Å². The molecule has 0 saturated carbocycles. The highest BCUT2D eigenvalue weighted by atomic mass is 16.5. The minimum absolute atomic E-state index is 0.0509. The van der Waals surface area contributed by atoms with E-state index in [0.29, 0.717) is 25.8 Å². The lowest BCUT2D eigenvalue weighted by Crippen LogP contribution is -2.53. The SMILES string of the molecule is COC1(CNC(=O)C2CCCC(C)N2)CCOC1. The summed E-state index contributed by atoms with van der Waals surface area (Å²) in [5, 5.41) is 6.34. The van der Waals surface area contributed by atoms with Gasteiger partial charge in [-0.3, -0.25) is 4.79 Å². The van der Waals surface area contributed by atoms with Crippen molar-refractivity contribution in [1.29, 1.82) is 0 Å². The summed E-state index contributed by atoms with van der Waals surface area (Å²) in [5.41, 5.74) is -0.323. The summed E-state index contributed by atoms with van der Waals surface area (Å²) >= 11 is 0. The van der Waals surface area contributed by atoms with E-state index in [1.165, 1.54) is 0 Å². The molecule has 0 aliphatic carbocycles. The Morgan fingerprint density at radius 3 is 3.00 bits per heavy atom. The Morgan fingerprint density at radius 1 is 1.56 bits per heavy atom. The summed E-state index contributed by atoms with van der Waals surface area (Å²) in [6.07, 6.45) is 4.04. The summed E-state index contributed by atoms with van der Waals surface area (Å²) in [6.45, 7) is 3.94. The van der Waals surface area contributed by atoms with Crippen molar-refractivity contribution in [2.75, 3.05) is 26.9 Å². The van der Waals surface area contributed by atoms with Gasteiger partial charge in [0.1, 0.15) is 5.60 Å². The van der Waals surface area contributed by atoms with Crippen LogP contribution in [0.25, 0.3) is 0 Å². The van der Waals surface area contributed by atoms with E-state index in [0.717, 1.165) is 25.7 Å². The van der Waals surface area contributed by atoms with Crippen LogP contribution in [0.4, 0.5) is 0 Å². The van der Waals surface area contributed by atoms with Gasteiger partial charge in [0.05, 0.1) is 12.6 Å². The van der Waals surface area contributed by atoms with Crippen LogP contribution in [-0.4, -0.2) is 50.5 Å². The van der Waals surface area contributed by atoms with Crippen molar-refractivity contribution >= 4 is 5.91 Å². The van der Waals surface area contributed by atoms with Gasteiger partial charge in [-0.25, -0.2) is 0 Å². The molecule has 2 aliphatic heterocycles. The van der Waals surface area contributed by atoms with E-state index in [1.807, 2.05) is 0 Å². The van der Waals surface area contributed by atoms with Crippen LogP contribution >= 0.6 is 0 Å². The summed E-state index contributed by atoms with van der Waals surface area (Å²) in [7, 11) is 1.68. The van der Waals surface area contributed by atoms with Crippen molar-refractivity contribution in [3.63, 3.8) is 0 Å². The molecule has 0 aromatic rings. The van der Waals surface area contributed by atoms with Crippen LogP contribution in [0.15, 0.2) is 0 Å². The number of ether oxygens (including phenoxy) is 2.